The molecule has 4 N–H and O–H groups in total. The highest BCUT2D eigenvalue weighted by Gasteiger charge is 2.15. The number of H-pyrrole nitrogens is 1. The van der Waals surface area contributed by atoms with Gasteiger partial charge in [0.1, 0.15) is 5.56 Å². The second-order valence-corrected chi connectivity index (χ2v) is 3.32. The van der Waals surface area contributed by atoms with Crippen LogP contribution < -0.4 is 10.9 Å². The second kappa shape index (κ2) is 5.43. The predicted molar refractivity (Wildman–Crippen MR) is 57.1 cm³/mol. The fourth-order valence-electron chi connectivity index (χ4n) is 1.39. The molecule has 0 fully saturated rings. The van der Waals surface area contributed by atoms with E-state index in [0.29, 0.717) is 5.69 Å². The Kier molecular flexibility index (Phi) is 4.21. The molecule has 0 saturated heterocycles. The number of rotatable bonds is 4. The van der Waals surface area contributed by atoms with Crippen LogP contribution in [0.3, 0.4) is 0 Å². The molecule has 88 valence electrons. The summed E-state index contributed by atoms with van der Waals surface area (Å²) in [6, 6.07) is 1.54. The van der Waals surface area contributed by atoms with Crippen molar-refractivity contribution in [2.45, 2.75) is 13.5 Å². The molecule has 0 bridgehead atoms. The van der Waals surface area contributed by atoms with E-state index in [1.165, 1.54) is 6.07 Å². The van der Waals surface area contributed by atoms with Crippen LogP contribution in [0.5, 0.6) is 0 Å². The summed E-state index contributed by atoms with van der Waals surface area (Å²) in [6.45, 7) is 1.14. The second-order valence-electron chi connectivity index (χ2n) is 3.32. The fraction of sp³-hybridized carbons (Fsp3) is 0.400. The van der Waals surface area contributed by atoms with Crippen molar-refractivity contribution in [1.29, 1.82) is 0 Å². The predicted octanol–water partition coefficient (Wildman–Crippen LogP) is -1.10. The van der Waals surface area contributed by atoms with Crippen LogP contribution in [0.4, 0.5) is 0 Å². The molecule has 1 heterocycles. The van der Waals surface area contributed by atoms with E-state index < -0.39 is 11.5 Å². The minimum atomic E-state index is -0.598. The Balaban J connectivity index is 3.11. The molecule has 0 radical (unpaired) electrons. The van der Waals surface area contributed by atoms with Crippen molar-refractivity contribution in [2.24, 2.45) is 0 Å². The third-order valence-electron chi connectivity index (χ3n) is 2.04. The lowest BCUT2D eigenvalue weighted by atomic mass is 10.1. The molecule has 6 nitrogen and oxygen atoms in total. The van der Waals surface area contributed by atoms with Crippen LogP contribution in [0.25, 0.3) is 0 Å². The Labute approximate surface area is 91.9 Å². The van der Waals surface area contributed by atoms with Crippen LogP contribution in [-0.4, -0.2) is 34.3 Å². The van der Waals surface area contributed by atoms with Crippen molar-refractivity contribution in [2.75, 3.05) is 13.2 Å². The van der Waals surface area contributed by atoms with E-state index in [4.69, 9.17) is 10.2 Å². The van der Waals surface area contributed by atoms with E-state index in [2.05, 4.69) is 10.3 Å². The average Bonchev–Trinajstić information content (AvgIpc) is 2.24. The van der Waals surface area contributed by atoms with Gasteiger partial charge in [0.05, 0.1) is 13.2 Å². The molecule has 1 aromatic rings. The van der Waals surface area contributed by atoms with E-state index in [-0.39, 0.29) is 30.9 Å². The Hall–Kier alpha value is -1.66. The average molecular weight is 226 g/mol. The van der Waals surface area contributed by atoms with E-state index in [9.17, 15) is 9.59 Å². The monoisotopic (exact) mass is 226 g/mol. The quantitative estimate of drug-likeness (QED) is 0.523. The summed E-state index contributed by atoms with van der Waals surface area (Å²) >= 11 is 0. The van der Waals surface area contributed by atoms with Crippen LogP contribution in [0.2, 0.25) is 0 Å². The van der Waals surface area contributed by atoms with Gasteiger partial charge in [0.2, 0.25) is 0 Å². The number of aryl methyl sites for hydroxylation is 1. The first-order valence-electron chi connectivity index (χ1n) is 4.83. The molecule has 1 amide bonds. The topological polar surface area (TPSA) is 102 Å². The van der Waals surface area contributed by atoms with Gasteiger partial charge in [-0.15, -0.1) is 0 Å². The summed E-state index contributed by atoms with van der Waals surface area (Å²) in [4.78, 5) is 25.6. The number of hydrogen-bond acceptors (Lipinski definition) is 4. The highest BCUT2D eigenvalue weighted by Crippen LogP contribution is 2.05. The number of amides is 1. The Morgan fingerprint density at radius 2 is 2.19 bits per heavy atom. The molecular formula is C10H14N2O4. The third-order valence-corrected chi connectivity index (χ3v) is 2.04. The van der Waals surface area contributed by atoms with Crippen molar-refractivity contribution in [3.05, 3.63) is 33.2 Å². The first-order chi connectivity index (χ1) is 7.60. The molecule has 0 aliphatic rings. The smallest absolute Gasteiger partial charge is 0.261 e. The van der Waals surface area contributed by atoms with Gasteiger partial charge in [-0.25, -0.2) is 0 Å². The van der Waals surface area contributed by atoms with Gasteiger partial charge in [0, 0.05) is 12.2 Å². The zero-order valence-corrected chi connectivity index (χ0v) is 8.91. The number of aromatic amines is 1. The molecule has 6 heteroatoms. The van der Waals surface area contributed by atoms with Gasteiger partial charge in [0.15, 0.2) is 0 Å². The number of aliphatic hydroxyl groups excluding tert-OH is 2. The van der Waals surface area contributed by atoms with Gasteiger partial charge < -0.3 is 20.5 Å². The first-order valence-corrected chi connectivity index (χ1v) is 4.83. The van der Waals surface area contributed by atoms with Crippen LogP contribution in [-0.2, 0) is 6.61 Å². The van der Waals surface area contributed by atoms with Crippen LogP contribution in [0.15, 0.2) is 10.9 Å². The standard InChI is InChI=1S/C10H14N2O4/c1-6-4-7(5-14)8(10(16)12-6)9(15)11-2-3-13/h4,13-14H,2-3,5H2,1H3,(H,11,15)(H,12,16). The Bertz CT molecular complexity index is 439. The van der Waals surface area contributed by atoms with Gasteiger partial charge in [-0.2, -0.15) is 0 Å². The number of aliphatic hydroxyl groups is 2. The van der Waals surface area contributed by atoms with Crippen LogP contribution in [0.1, 0.15) is 21.6 Å². The summed E-state index contributed by atoms with van der Waals surface area (Å²) in [6.07, 6.45) is 0. The molecule has 16 heavy (non-hydrogen) atoms. The number of pyridine rings is 1. The van der Waals surface area contributed by atoms with Crippen molar-refractivity contribution >= 4 is 5.91 Å². The maximum absolute atomic E-state index is 11.6. The zero-order valence-electron chi connectivity index (χ0n) is 8.91. The molecule has 0 atom stereocenters. The summed E-state index contributed by atoms with van der Waals surface area (Å²) < 4.78 is 0. The first kappa shape index (κ1) is 12.4. The van der Waals surface area contributed by atoms with Crippen molar-refractivity contribution in [1.82, 2.24) is 10.3 Å². The minimum Gasteiger partial charge on any atom is -0.395 e. The molecule has 0 saturated carbocycles. The SMILES string of the molecule is Cc1cc(CO)c(C(=O)NCCO)c(=O)[nH]1. The number of carbonyl (C=O) groups is 1. The summed E-state index contributed by atoms with van der Waals surface area (Å²) in [5.41, 5.74) is 0.200. The van der Waals surface area contributed by atoms with Crippen molar-refractivity contribution in [3.8, 4) is 0 Å². The number of aromatic nitrogens is 1. The molecule has 0 aliphatic carbocycles. The molecule has 0 spiro atoms. The maximum Gasteiger partial charge on any atom is 0.261 e. The minimum absolute atomic E-state index is 0.0665. The number of carbonyl (C=O) groups excluding carboxylic acids is 1. The van der Waals surface area contributed by atoms with Gasteiger partial charge >= 0.3 is 0 Å². The molecule has 0 aliphatic heterocycles. The van der Waals surface area contributed by atoms with E-state index in [1.807, 2.05) is 0 Å². The number of nitrogens with one attached hydrogen (secondary N) is 2. The summed E-state index contributed by atoms with van der Waals surface area (Å²) in [5, 5.41) is 20.0. The lowest BCUT2D eigenvalue weighted by Crippen LogP contribution is -2.33. The van der Waals surface area contributed by atoms with Crippen molar-refractivity contribution in [3.63, 3.8) is 0 Å². The van der Waals surface area contributed by atoms with E-state index in [1.54, 1.807) is 6.92 Å². The summed E-state index contributed by atoms with van der Waals surface area (Å²) in [7, 11) is 0. The van der Waals surface area contributed by atoms with Crippen molar-refractivity contribution < 1.29 is 15.0 Å². The van der Waals surface area contributed by atoms with E-state index >= 15 is 0 Å². The zero-order chi connectivity index (χ0) is 12.1. The van der Waals surface area contributed by atoms with Crippen LogP contribution >= 0.6 is 0 Å². The van der Waals surface area contributed by atoms with Gasteiger partial charge in [-0.1, -0.05) is 0 Å². The van der Waals surface area contributed by atoms with Gasteiger partial charge in [0.25, 0.3) is 11.5 Å². The normalized spacial score (nSPS) is 10.2. The van der Waals surface area contributed by atoms with Gasteiger partial charge in [-0.3, -0.25) is 9.59 Å². The third kappa shape index (κ3) is 2.68. The summed E-state index contributed by atoms with van der Waals surface area (Å²) in [5.74, 6) is -0.598. The highest BCUT2D eigenvalue weighted by molar-refractivity contribution is 5.95. The molecule has 0 aromatic carbocycles. The molecule has 1 aromatic heterocycles. The molecular weight excluding hydrogens is 212 g/mol. The van der Waals surface area contributed by atoms with Gasteiger partial charge in [-0.05, 0) is 18.6 Å². The van der Waals surface area contributed by atoms with Crippen LogP contribution in [0, 0.1) is 6.92 Å². The van der Waals surface area contributed by atoms with E-state index in [0.717, 1.165) is 0 Å². The maximum atomic E-state index is 11.6. The lowest BCUT2D eigenvalue weighted by molar-refractivity contribution is 0.0940. The fourth-order valence-corrected chi connectivity index (χ4v) is 1.39. The largest absolute Gasteiger partial charge is 0.395 e. The molecule has 1 rings (SSSR count). The molecule has 0 unspecified atom stereocenters. The Morgan fingerprint density at radius 1 is 1.50 bits per heavy atom. The lowest BCUT2D eigenvalue weighted by Gasteiger charge is -2.07. The Morgan fingerprint density at radius 3 is 2.75 bits per heavy atom. The highest BCUT2D eigenvalue weighted by atomic mass is 16.3. The number of hydrogen-bond donors (Lipinski definition) is 4.